The molecule has 14 heteroatoms. The van der Waals surface area contributed by atoms with Crippen molar-refractivity contribution in [2.75, 3.05) is 24.0 Å². The zero-order chi connectivity index (χ0) is 39.3. The van der Waals surface area contributed by atoms with E-state index in [1.165, 1.54) is 30.2 Å². The Hall–Kier alpha value is -4.97. The van der Waals surface area contributed by atoms with Crippen molar-refractivity contribution >= 4 is 75.4 Å². The number of anilines is 2. The molecule has 55 heavy (non-hydrogen) atoms. The van der Waals surface area contributed by atoms with E-state index >= 15 is 0 Å². The summed E-state index contributed by atoms with van der Waals surface area (Å²) in [7, 11) is 1.54. The van der Waals surface area contributed by atoms with Gasteiger partial charge in [-0.1, -0.05) is 92.5 Å². The minimum absolute atomic E-state index is 0.0626. The van der Waals surface area contributed by atoms with Crippen LogP contribution in [0.2, 0.25) is 15.1 Å². The first-order valence-electron chi connectivity index (χ1n) is 18.2. The molecule has 0 aliphatic carbocycles. The van der Waals surface area contributed by atoms with Gasteiger partial charge >= 0.3 is 0 Å². The number of unbranched alkanes of at least 4 members (excludes halogenated alkanes) is 4. The van der Waals surface area contributed by atoms with Crippen LogP contribution < -0.4 is 25.1 Å². The molecular formula is C41H43Cl3N6O5. The lowest BCUT2D eigenvalue weighted by Gasteiger charge is -2.15. The number of nitrogens with one attached hydrogen (secondary N) is 2. The number of carbonyl (C=O) groups is 3. The van der Waals surface area contributed by atoms with Gasteiger partial charge in [0.1, 0.15) is 17.2 Å². The van der Waals surface area contributed by atoms with Gasteiger partial charge in [0.25, 0.3) is 17.7 Å². The number of methoxy groups -OCH3 is 1. The van der Waals surface area contributed by atoms with E-state index in [9.17, 15) is 14.4 Å². The largest absolute Gasteiger partial charge is 0.497 e. The second-order valence-corrected chi connectivity index (χ2v) is 14.1. The van der Waals surface area contributed by atoms with Crippen LogP contribution in [0, 0.1) is 0 Å². The Bertz CT molecular complexity index is 2030. The van der Waals surface area contributed by atoms with E-state index in [0.717, 1.165) is 55.5 Å². The first-order chi connectivity index (χ1) is 26.6. The molecule has 0 radical (unpaired) electrons. The molecule has 288 valence electrons. The third kappa shape index (κ3) is 11.3. The molecule has 1 aliphatic rings. The summed E-state index contributed by atoms with van der Waals surface area (Å²) in [5.41, 5.74) is 3.42. The summed E-state index contributed by atoms with van der Waals surface area (Å²) >= 11 is 19.0. The molecule has 11 nitrogen and oxygen atoms in total. The Balaban J connectivity index is 1.29. The zero-order valence-corrected chi connectivity index (χ0v) is 33.2. The molecule has 1 atom stereocenters. The van der Waals surface area contributed by atoms with E-state index in [-0.39, 0.29) is 44.7 Å². The lowest BCUT2D eigenvalue weighted by atomic mass is 10.0. The maximum Gasteiger partial charge on any atom is 0.282 e. The fourth-order valence-corrected chi connectivity index (χ4v) is 6.83. The molecule has 0 unspecified atom stereocenters. The normalized spacial score (nSPS) is 13.9. The molecule has 3 amide bonds. The van der Waals surface area contributed by atoms with Crippen LogP contribution in [0.5, 0.6) is 11.5 Å². The van der Waals surface area contributed by atoms with Gasteiger partial charge in [-0.05, 0) is 97.5 Å². The quantitative estimate of drug-likeness (QED) is 0.0809. The SMILES string of the molecule is CCCCCc1ccc(OCC(=O)Nc2cccc(C(=O)NC3=NN(c4c(Cl)cc(Cl)cc4Cl)C(=O)[C@@H]3N=Nc3ccc(OC)cc3)c2)c(CCCCC)c1. The number of carbonyl (C=O) groups excluding carboxylic acids is 3. The topological polar surface area (TPSA) is 134 Å². The third-order valence-corrected chi connectivity index (χ3v) is 9.51. The van der Waals surface area contributed by atoms with E-state index in [4.69, 9.17) is 44.3 Å². The number of benzene rings is 4. The summed E-state index contributed by atoms with van der Waals surface area (Å²) in [6.07, 6.45) is 8.65. The summed E-state index contributed by atoms with van der Waals surface area (Å²) in [6.45, 7) is 4.15. The van der Waals surface area contributed by atoms with Gasteiger partial charge < -0.3 is 20.1 Å². The number of hydrogen-bond acceptors (Lipinski definition) is 8. The molecule has 0 bridgehead atoms. The summed E-state index contributed by atoms with van der Waals surface area (Å²) in [5, 5.41) is 19.6. The average Bonchev–Trinajstić information content (AvgIpc) is 3.46. The van der Waals surface area contributed by atoms with Crippen LogP contribution in [-0.4, -0.2) is 43.3 Å². The van der Waals surface area contributed by atoms with Crippen molar-refractivity contribution in [1.82, 2.24) is 5.32 Å². The van der Waals surface area contributed by atoms with Gasteiger partial charge in [-0.15, -0.1) is 5.10 Å². The lowest BCUT2D eigenvalue weighted by molar-refractivity contribution is -0.118. The molecule has 0 fully saturated rings. The second kappa shape index (κ2) is 20.1. The van der Waals surface area contributed by atoms with Crippen LogP contribution in [0.4, 0.5) is 17.1 Å². The second-order valence-electron chi connectivity index (χ2n) is 12.9. The van der Waals surface area contributed by atoms with Crippen LogP contribution in [0.1, 0.15) is 73.9 Å². The minimum Gasteiger partial charge on any atom is -0.497 e. The molecule has 0 spiro atoms. The Morgan fingerprint density at radius 2 is 1.56 bits per heavy atom. The van der Waals surface area contributed by atoms with Crippen LogP contribution in [-0.2, 0) is 22.4 Å². The zero-order valence-electron chi connectivity index (χ0n) is 30.9. The smallest absolute Gasteiger partial charge is 0.282 e. The van der Waals surface area contributed by atoms with Crippen molar-refractivity contribution in [3.8, 4) is 11.5 Å². The predicted octanol–water partition coefficient (Wildman–Crippen LogP) is 10.4. The highest BCUT2D eigenvalue weighted by atomic mass is 35.5. The number of ether oxygens (including phenoxy) is 2. The first-order valence-corrected chi connectivity index (χ1v) is 19.3. The molecule has 1 heterocycles. The number of hydrazone groups is 1. The minimum atomic E-state index is -1.36. The van der Waals surface area contributed by atoms with Crippen molar-refractivity contribution < 1.29 is 23.9 Å². The number of hydrogen-bond donors (Lipinski definition) is 2. The van der Waals surface area contributed by atoms with Gasteiger partial charge in [0.2, 0.25) is 6.04 Å². The summed E-state index contributed by atoms with van der Waals surface area (Å²) in [5.74, 6) is -0.484. The van der Waals surface area contributed by atoms with Crippen molar-refractivity contribution in [1.29, 1.82) is 0 Å². The standard InChI is InChI=1S/C41H43Cl3N6O5/c1-4-6-8-11-26-15-20-35(27(21-26)12-9-7-5-2)55-25-36(51)45-31-14-10-13-28(22-31)40(52)46-39-37(48-47-30-16-18-32(54-3)19-17-30)41(53)50(49-39)38-33(43)23-29(42)24-34(38)44/h10,13-24,37H,4-9,11-12,25H2,1-3H3,(H,45,51)(H,46,49,52)/t37-/m1/s1. The van der Waals surface area contributed by atoms with Crippen LogP contribution in [0.3, 0.4) is 0 Å². The van der Waals surface area contributed by atoms with Gasteiger partial charge in [-0.25, -0.2) is 0 Å². The number of halogens is 3. The van der Waals surface area contributed by atoms with Gasteiger partial charge in [0.15, 0.2) is 12.4 Å². The van der Waals surface area contributed by atoms with E-state index in [1.807, 2.05) is 6.07 Å². The number of azo groups is 1. The highest BCUT2D eigenvalue weighted by Gasteiger charge is 2.40. The molecule has 2 N–H and O–H groups in total. The number of rotatable bonds is 17. The molecule has 1 aliphatic heterocycles. The number of amides is 3. The van der Waals surface area contributed by atoms with Crippen molar-refractivity contribution in [2.24, 2.45) is 15.3 Å². The fourth-order valence-electron chi connectivity index (χ4n) is 5.85. The Labute approximate surface area is 336 Å². The van der Waals surface area contributed by atoms with Gasteiger partial charge in [-0.3, -0.25) is 14.4 Å². The van der Waals surface area contributed by atoms with Gasteiger partial charge in [0, 0.05) is 16.3 Å². The molecule has 0 saturated carbocycles. The molecular weight excluding hydrogens is 763 g/mol. The van der Waals surface area contributed by atoms with Crippen molar-refractivity contribution in [2.45, 2.75) is 71.3 Å². The third-order valence-electron chi connectivity index (χ3n) is 8.72. The van der Waals surface area contributed by atoms with Crippen molar-refractivity contribution in [3.63, 3.8) is 0 Å². The highest BCUT2D eigenvalue weighted by Crippen LogP contribution is 2.39. The molecule has 0 aromatic heterocycles. The lowest BCUT2D eigenvalue weighted by Crippen LogP contribution is -2.39. The van der Waals surface area contributed by atoms with E-state index in [2.05, 4.69) is 51.9 Å². The summed E-state index contributed by atoms with van der Waals surface area (Å²) in [4.78, 5) is 40.4. The maximum absolute atomic E-state index is 13.7. The van der Waals surface area contributed by atoms with Crippen LogP contribution >= 0.6 is 34.8 Å². The van der Waals surface area contributed by atoms with E-state index in [1.54, 1.807) is 49.6 Å². The summed E-state index contributed by atoms with van der Waals surface area (Å²) in [6, 6.07) is 20.7. The predicted molar refractivity (Wildman–Crippen MR) is 219 cm³/mol. The Morgan fingerprint density at radius 3 is 2.25 bits per heavy atom. The van der Waals surface area contributed by atoms with Crippen LogP contribution in [0.15, 0.2) is 94.2 Å². The molecule has 0 saturated heterocycles. The molecule has 4 aromatic carbocycles. The molecule has 4 aromatic rings. The van der Waals surface area contributed by atoms with E-state index < -0.39 is 17.9 Å². The first kappa shape index (κ1) is 41.2. The Kier molecular flexibility index (Phi) is 15.1. The highest BCUT2D eigenvalue weighted by molar-refractivity contribution is 6.43. The monoisotopic (exact) mass is 804 g/mol. The number of nitrogens with zero attached hydrogens (tertiary/aromatic N) is 4. The van der Waals surface area contributed by atoms with E-state index in [0.29, 0.717) is 22.9 Å². The number of aryl methyl sites for hydroxylation is 2. The fraction of sp³-hybridized carbons (Fsp3) is 0.317. The summed E-state index contributed by atoms with van der Waals surface area (Å²) < 4.78 is 11.2. The average molecular weight is 806 g/mol. The van der Waals surface area contributed by atoms with Gasteiger partial charge in [0.05, 0.1) is 22.8 Å². The maximum atomic E-state index is 13.7. The number of amidine groups is 1. The van der Waals surface area contributed by atoms with Gasteiger partial charge in [-0.2, -0.15) is 15.2 Å². The Morgan fingerprint density at radius 1 is 0.855 bits per heavy atom. The van der Waals surface area contributed by atoms with Crippen LogP contribution in [0.25, 0.3) is 0 Å². The molecule has 5 rings (SSSR count). The van der Waals surface area contributed by atoms with Crippen molar-refractivity contribution in [3.05, 3.63) is 111 Å².